The van der Waals surface area contributed by atoms with Crippen LogP contribution in [0.1, 0.15) is 29.9 Å². The van der Waals surface area contributed by atoms with Gasteiger partial charge in [-0.15, -0.1) is 0 Å². The minimum atomic E-state index is -0.304. The van der Waals surface area contributed by atoms with Gasteiger partial charge in [-0.25, -0.2) is 9.07 Å². The van der Waals surface area contributed by atoms with Gasteiger partial charge in [0.05, 0.1) is 16.4 Å². The highest BCUT2D eigenvalue weighted by atomic mass is 35.5. The zero-order valence-corrected chi connectivity index (χ0v) is 12.2. The summed E-state index contributed by atoms with van der Waals surface area (Å²) in [5.41, 5.74) is 2.76. The van der Waals surface area contributed by atoms with E-state index in [0.717, 1.165) is 11.3 Å². The smallest absolute Gasteiger partial charge is 0.149 e. The Morgan fingerprint density at radius 2 is 2.05 bits per heavy atom. The van der Waals surface area contributed by atoms with Crippen LogP contribution >= 0.6 is 11.6 Å². The fourth-order valence-electron chi connectivity index (χ4n) is 1.99. The summed E-state index contributed by atoms with van der Waals surface area (Å²) in [6, 6.07) is 5.26. The first-order valence-corrected chi connectivity index (χ1v) is 6.52. The van der Waals surface area contributed by atoms with Crippen molar-refractivity contribution in [2.75, 3.05) is 7.05 Å². The van der Waals surface area contributed by atoms with Crippen molar-refractivity contribution < 1.29 is 4.39 Å². The third kappa shape index (κ3) is 2.51. The molecular weight excluding hydrogens is 265 g/mol. The van der Waals surface area contributed by atoms with Gasteiger partial charge in [0, 0.05) is 6.04 Å². The summed E-state index contributed by atoms with van der Waals surface area (Å²) in [7, 11) is 1.84. The summed E-state index contributed by atoms with van der Waals surface area (Å²) in [5.74, 6) is -0.304. The van der Waals surface area contributed by atoms with Crippen molar-refractivity contribution in [1.29, 1.82) is 0 Å². The Morgan fingerprint density at radius 1 is 1.37 bits per heavy atom. The molecule has 2 rings (SSSR count). The van der Waals surface area contributed by atoms with Gasteiger partial charge in [-0.05, 0) is 45.5 Å². The molecule has 1 heterocycles. The quantitative estimate of drug-likeness (QED) is 0.932. The average molecular weight is 282 g/mol. The van der Waals surface area contributed by atoms with Crippen molar-refractivity contribution in [3.63, 3.8) is 0 Å². The minimum absolute atomic E-state index is 0.104. The van der Waals surface area contributed by atoms with Gasteiger partial charge in [0.1, 0.15) is 11.5 Å². The SMILES string of the molecule is CNC(C)c1ccc(-n2nc(C)c(Cl)c2C)c(F)c1. The van der Waals surface area contributed by atoms with Crippen LogP contribution in [0.15, 0.2) is 18.2 Å². The number of benzene rings is 1. The maximum absolute atomic E-state index is 14.2. The second-order valence-corrected chi connectivity index (χ2v) is 5.00. The first-order chi connectivity index (χ1) is 8.95. The van der Waals surface area contributed by atoms with Gasteiger partial charge in [0.2, 0.25) is 0 Å². The predicted octanol–water partition coefficient (Wildman–Crippen LogP) is 3.56. The van der Waals surface area contributed by atoms with Gasteiger partial charge < -0.3 is 5.32 Å². The van der Waals surface area contributed by atoms with Crippen LogP contribution in [0, 0.1) is 19.7 Å². The molecule has 102 valence electrons. The molecule has 1 N–H and O–H groups in total. The number of nitrogens with one attached hydrogen (secondary N) is 1. The Kier molecular flexibility index (Phi) is 3.92. The van der Waals surface area contributed by atoms with Crippen molar-refractivity contribution in [2.24, 2.45) is 0 Å². The minimum Gasteiger partial charge on any atom is -0.313 e. The third-order valence-electron chi connectivity index (χ3n) is 3.34. The molecule has 5 heteroatoms. The van der Waals surface area contributed by atoms with Gasteiger partial charge in [-0.1, -0.05) is 17.7 Å². The summed E-state index contributed by atoms with van der Waals surface area (Å²) in [6.45, 7) is 5.61. The molecule has 0 aliphatic heterocycles. The number of aryl methyl sites for hydroxylation is 1. The second kappa shape index (κ2) is 5.31. The zero-order valence-electron chi connectivity index (χ0n) is 11.5. The largest absolute Gasteiger partial charge is 0.313 e. The highest BCUT2D eigenvalue weighted by Gasteiger charge is 2.15. The Bertz CT molecular complexity index is 607. The van der Waals surface area contributed by atoms with Crippen LogP contribution in [-0.4, -0.2) is 16.8 Å². The molecule has 1 aromatic carbocycles. The molecule has 1 atom stereocenters. The highest BCUT2D eigenvalue weighted by molar-refractivity contribution is 6.31. The number of hydrogen-bond acceptors (Lipinski definition) is 2. The van der Waals surface area contributed by atoms with E-state index < -0.39 is 0 Å². The highest BCUT2D eigenvalue weighted by Crippen LogP contribution is 2.25. The first kappa shape index (κ1) is 14.0. The molecule has 0 saturated heterocycles. The lowest BCUT2D eigenvalue weighted by molar-refractivity contribution is 0.593. The lowest BCUT2D eigenvalue weighted by Gasteiger charge is -2.13. The van der Waals surface area contributed by atoms with Gasteiger partial charge >= 0.3 is 0 Å². The van der Waals surface area contributed by atoms with Crippen LogP contribution in [0.3, 0.4) is 0 Å². The van der Waals surface area contributed by atoms with E-state index in [4.69, 9.17) is 11.6 Å². The van der Waals surface area contributed by atoms with Crippen molar-refractivity contribution in [2.45, 2.75) is 26.8 Å². The second-order valence-electron chi connectivity index (χ2n) is 4.62. The number of hydrogen-bond donors (Lipinski definition) is 1. The molecule has 0 amide bonds. The summed E-state index contributed by atoms with van der Waals surface area (Å²) in [4.78, 5) is 0. The van der Waals surface area contributed by atoms with E-state index in [1.54, 1.807) is 17.7 Å². The lowest BCUT2D eigenvalue weighted by atomic mass is 10.1. The van der Waals surface area contributed by atoms with Gasteiger partial charge in [0.15, 0.2) is 0 Å². The van der Waals surface area contributed by atoms with E-state index >= 15 is 0 Å². The molecule has 0 saturated carbocycles. The summed E-state index contributed by atoms with van der Waals surface area (Å²) >= 11 is 6.09. The number of halogens is 2. The number of aromatic nitrogens is 2. The third-order valence-corrected chi connectivity index (χ3v) is 3.88. The van der Waals surface area contributed by atoms with E-state index in [0.29, 0.717) is 16.4 Å². The van der Waals surface area contributed by atoms with E-state index in [9.17, 15) is 4.39 Å². The maximum Gasteiger partial charge on any atom is 0.149 e. The number of rotatable bonds is 3. The molecule has 0 fully saturated rings. The summed E-state index contributed by atoms with van der Waals surface area (Å²) in [5, 5.41) is 7.92. The molecule has 19 heavy (non-hydrogen) atoms. The molecule has 0 spiro atoms. The molecule has 0 bridgehead atoms. The summed E-state index contributed by atoms with van der Waals surface area (Å²) < 4.78 is 15.8. The van der Waals surface area contributed by atoms with Gasteiger partial charge in [-0.3, -0.25) is 0 Å². The van der Waals surface area contributed by atoms with Crippen LogP contribution in [-0.2, 0) is 0 Å². The first-order valence-electron chi connectivity index (χ1n) is 6.14. The molecule has 0 radical (unpaired) electrons. The van der Waals surface area contributed by atoms with Crippen LogP contribution in [0.2, 0.25) is 5.02 Å². The number of nitrogens with zero attached hydrogens (tertiary/aromatic N) is 2. The van der Waals surface area contributed by atoms with Crippen LogP contribution in [0.4, 0.5) is 4.39 Å². The Hall–Kier alpha value is -1.39. The van der Waals surface area contributed by atoms with Crippen molar-refractivity contribution in [1.82, 2.24) is 15.1 Å². The Balaban J connectivity index is 2.49. The Morgan fingerprint density at radius 3 is 2.53 bits per heavy atom. The van der Waals surface area contributed by atoms with Gasteiger partial charge in [-0.2, -0.15) is 5.10 Å². The Labute approximate surface area is 117 Å². The molecule has 3 nitrogen and oxygen atoms in total. The lowest BCUT2D eigenvalue weighted by Crippen LogP contribution is -2.13. The van der Waals surface area contributed by atoms with Crippen LogP contribution in [0.25, 0.3) is 5.69 Å². The van der Waals surface area contributed by atoms with Crippen molar-refractivity contribution in [3.8, 4) is 5.69 Å². The molecule has 0 aliphatic rings. The monoisotopic (exact) mass is 281 g/mol. The van der Waals surface area contributed by atoms with Gasteiger partial charge in [0.25, 0.3) is 0 Å². The molecular formula is C14H17ClFN3. The topological polar surface area (TPSA) is 29.9 Å². The predicted molar refractivity (Wildman–Crippen MR) is 75.5 cm³/mol. The molecule has 1 unspecified atom stereocenters. The van der Waals surface area contributed by atoms with E-state index in [1.807, 2.05) is 27.0 Å². The van der Waals surface area contributed by atoms with Crippen molar-refractivity contribution in [3.05, 3.63) is 46.0 Å². The zero-order chi connectivity index (χ0) is 14.2. The normalized spacial score (nSPS) is 12.7. The van der Waals surface area contributed by atoms with E-state index in [-0.39, 0.29) is 11.9 Å². The summed E-state index contributed by atoms with van der Waals surface area (Å²) in [6.07, 6.45) is 0. The molecule has 2 aromatic rings. The molecule has 0 aliphatic carbocycles. The fraction of sp³-hybridized carbons (Fsp3) is 0.357. The standard InChI is InChI=1S/C14H17ClFN3/c1-8(17-4)11-5-6-13(12(16)7-11)19-10(3)14(15)9(2)18-19/h5-8,17H,1-4H3. The maximum atomic E-state index is 14.2. The fourth-order valence-corrected chi connectivity index (χ4v) is 2.11. The average Bonchev–Trinajstić information content (AvgIpc) is 2.65. The van der Waals surface area contributed by atoms with Crippen LogP contribution in [0.5, 0.6) is 0 Å². The van der Waals surface area contributed by atoms with Crippen molar-refractivity contribution >= 4 is 11.6 Å². The van der Waals surface area contributed by atoms with Crippen LogP contribution < -0.4 is 5.32 Å². The van der Waals surface area contributed by atoms with E-state index in [1.165, 1.54) is 6.07 Å². The van der Waals surface area contributed by atoms with E-state index in [2.05, 4.69) is 10.4 Å². The molecule has 1 aromatic heterocycles.